The van der Waals surface area contributed by atoms with Crippen molar-refractivity contribution in [2.45, 2.75) is 12.5 Å². The third kappa shape index (κ3) is 3.48. The molecule has 3 nitrogen and oxygen atoms in total. The number of nitrogens with two attached hydrogens (primary N) is 1. The molecule has 5 heteroatoms. The van der Waals surface area contributed by atoms with E-state index >= 15 is 0 Å². The monoisotopic (exact) mass is 230 g/mol. The fourth-order valence-corrected chi connectivity index (χ4v) is 1.16. The van der Waals surface area contributed by atoms with Crippen LogP contribution in [0, 0.1) is 17.1 Å². The van der Waals surface area contributed by atoms with Gasteiger partial charge in [0, 0.05) is 12.6 Å². The zero-order chi connectivity index (χ0) is 10.6. The van der Waals surface area contributed by atoms with E-state index in [1.54, 1.807) is 6.07 Å². The van der Waals surface area contributed by atoms with Crippen molar-refractivity contribution in [2.75, 3.05) is 6.61 Å². The van der Waals surface area contributed by atoms with Crippen molar-refractivity contribution < 1.29 is 9.50 Å². The smallest absolute Gasteiger partial charge is 0.140 e. The Hall–Kier alpha value is -1.15. The van der Waals surface area contributed by atoms with Gasteiger partial charge in [0.1, 0.15) is 11.9 Å². The van der Waals surface area contributed by atoms with Gasteiger partial charge in [-0.15, -0.1) is 12.4 Å². The fourth-order valence-electron chi connectivity index (χ4n) is 1.16. The molecule has 1 rings (SSSR count). The van der Waals surface area contributed by atoms with Crippen molar-refractivity contribution in [3.8, 4) is 6.07 Å². The van der Waals surface area contributed by atoms with Crippen LogP contribution in [0.4, 0.5) is 4.39 Å². The van der Waals surface area contributed by atoms with Gasteiger partial charge in [0.25, 0.3) is 0 Å². The molecule has 15 heavy (non-hydrogen) atoms. The number of hydrogen-bond donors (Lipinski definition) is 2. The predicted octanol–water partition coefficient (Wildman–Crippen LogP) is 1.50. The molecule has 0 saturated heterocycles. The number of aliphatic hydroxyl groups is 1. The molecule has 0 aromatic heterocycles. The number of halogens is 2. The Morgan fingerprint density at radius 2 is 2.20 bits per heavy atom. The average Bonchev–Trinajstić information content (AvgIpc) is 2.19. The van der Waals surface area contributed by atoms with Crippen LogP contribution in [0.2, 0.25) is 0 Å². The van der Waals surface area contributed by atoms with Gasteiger partial charge >= 0.3 is 0 Å². The number of benzene rings is 1. The highest BCUT2D eigenvalue weighted by atomic mass is 35.5. The van der Waals surface area contributed by atoms with E-state index in [0.717, 1.165) is 0 Å². The molecule has 0 bridgehead atoms. The van der Waals surface area contributed by atoms with Crippen molar-refractivity contribution >= 4 is 12.4 Å². The quantitative estimate of drug-likeness (QED) is 0.827. The minimum Gasteiger partial charge on any atom is -0.396 e. The van der Waals surface area contributed by atoms with E-state index in [0.29, 0.717) is 12.0 Å². The molecule has 1 atom stereocenters. The van der Waals surface area contributed by atoms with Gasteiger partial charge in [-0.3, -0.25) is 0 Å². The molecular formula is C10H12ClFN2O. The summed E-state index contributed by atoms with van der Waals surface area (Å²) in [4.78, 5) is 0. The molecule has 0 radical (unpaired) electrons. The summed E-state index contributed by atoms with van der Waals surface area (Å²) >= 11 is 0. The average molecular weight is 231 g/mol. The summed E-state index contributed by atoms with van der Waals surface area (Å²) in [5.74, 6) is -0.549. The molecule has 0 heterocycles. The van der Waals surface area contributed by atoms with Gasteiger partial charge in [-0.25, -0.2) is 4.39 Å². The van der Waals surface area contributed by atoms with Gasteiger partial charge in [0.15, 0.2) is 0 Å². The number of aliphatic hydroxyl groups excluding tert-OH is 1. The fraction of sp³-hybridized carbons (Fsp3) is 0.300. The first-order valence-electron chi connectivity index (χ1n) is 4.25. The molecule has 1 aromatic carbocycles. The predicted molar refractivity (Wildman–Crippen MR) is 57.0 cm³/mol. The molecule has 0 spiro atoms. The molecule has 3 N–H and O–H groups in total. The van der Waals surface area contributed by atoms with Crippen LogP contribution in [0.3, 0.4) is 0 Å². The van der Waals surface area contributed by atoms with Gasteiger partial charge in [-0.1, -0.05) is 6.07 Å². The van der Waals surface area contributed by atoms with Crippen molar-refractivity contribution in [3.05, 3.63) is 35.1 Å². The maximum Gasteiger partial charge on any atom is 0.140 e. The minimum atomic E-state index is -0.549. The second kappa shape index (κ2) is 6.36. The second-order valence-electron chi connectivity index (χ2n) is 2.97. The van der Waals surface area contributed by atoms with Crippen molar-refractivity contribution in [1.82, 2.24) is 0 Å². The van der Waals surface area contributed by atoms with Crippen LogP contribution in [-0.2, 0) is 0 Å². The Morgan fingerprint density at radius 3 is 2.73 bits per heavy atom. The maximum absolute atomic E-state index is 12.9. The van der Waals surface area contributed by atoms with Crippen LogP contribution in [-0.4, -0.2) is 11.7 Å². The molecule has 0 unspecified atom stereocenters. The lowest BCUT2D eigenvalue weighted by Crippen LogP contribution is -2.12. The van der Waals surface area contributed by atoms with Gasteiger partial charge in [0.2, 0.25) is 0 Å². The van der Waals surface area contributed by atoms with Crippen LogP contribution in [0.5, 0.6) is 0 Å². The van der Waals surface area contributed by atoms with E-state index in [4.69, 9.17) is 16.1 Å². The number of hydrogen-bond acceptors (Lipinski definition) is 3. The third-order valence-corrected chi connectivity index (χ3v) is 1.98. The maximum atomic E-state index is 12.9. The summed E-state index contributed by atoms with van der Waals surface area (Å²) in [6, 6.07) is 5.54. The van der Waals surface area contributed by atoms with E-state index in [1.165, 1.54) is 18.2 Å². The van der Waals surface area contributed by atoms with Crippen molar-refractivity contribution in [2.24, 2.45) is 5.73 Å². The van der Waals surface area contributed by atoms with E-state index in [2.05, 4.69) is 0 Å². The Morgan fingerprint density at radius 1 is 1.53 bits per heavy atom. The van der Waals surface area contributed by atoms with Crippen LogP contribution in [0.1, 0.15) is 23.6 Å². The molecular weight excluding hydrogens is 219 g/mol. The highest BCUT2D eigenvalue weighted by molar-refractivity contribution is 5.85. The van der Waals surface area contributed by atoms with Gasteiger partial charge < -0.3 is 10.8 Å². The number of nitriles is 1. The van der Waals surface area contributed by atoms with Gasteiger partial charge in [-0.2, -0.15) is 5.26 Å². The normalized spacial score (nSPS) is 11.3. The van der Waals surface area contributed by atoms with E-state index in [1.807, 2.05) is 0 Å². The summed E-state index contributed by atoms with van der Waals surface area (Å²) in [5, 5.41) is 17.2. The van der Waals surface area contributed by atoms with E-state index in [-0.39, 0.29) is 30.6 Å². The molecule has 0 saturated carbocycles. The van der Waals surface area contributed by atoms with Crippen LogP contribution < -0.4 is 5.73 Å². The number of nitrogens with zero attached hydrogens (tertiary/aromatic N) is 1. The largest absolute Gasteiger partial charge is 0.396 e. The van der Waals surface area contributed by atoms with Crippen LogP contribution in [0.25, 0.3) is 0 Å². The summed E-state index contributed by atoms with van der Waals surface area (Å²) < 4.78 is 12.9. The minimum absolute atomic E-state index is 0. The third-order valence-electron chi connectivity index (χ3n) is 1.98. The first kappa shape index (κ1) is 13.8. The molecule has 0 aliphatic carbocycles. The lowest BCUT2D eigenvalue weighted by molar-refractivity contribution is 0.276. The summed E-state index contributed by atoms with van der Waals surface area (Å²) in [6.07, 6.45) is 0.399. The zero-order valence-electron chi connectivity index (χ0n) is 7.98. The highest BCUT2D eigenvalue weighted by Crippen LogP contribution is 2.17. The van der Waals surface area contributed by atoms with Crippen LogP contribution in [0.15, 0.2) is 18.2 Å². The number of rotatable bonds is 3. The summed E-state index contributed by atoms with van der Waals surface area (Å²) in [6.45, 7) is -0.0274. The molecule has 0 aliphatic heterocycles. The molecule has 1 aromatic rings. The summed E-state index contributed by atoms with van der Waals surface area (Å²) in [5.41, 5.74) is 6.33. The molecule has 0 fully saturated rings. The molecule has 0 amide bonds. The Labute approximate surface area is 93.7 Å². The summed E-state index contributed by atoms with van der Waals surface area (Å²) in [7, 11) is 0. The van der Waals surface area contributed by atoms with E-state index < -0.39 is 5.82 Å². The Balaban J connectivity index is 0.00000196. The zero-order valence-corrected chi connectivity index (χ0v) is 8.80. The van der Waals surface area contributed by atoms with Gasteiger partial charge in [-0.05, 0) is 24.1 Å². The van der Waals surface area contributed by atoms with E-state index in [9.17, 15) is 4.39 Å². The Bertz CT molecular complexity index is 365. The van der Waals surface area contributed by atoms with Crippen LogP contribution >= 0.6 is 12.4 Å². The Kier molecular flexibility index (Phi) is 5.87. The first-order valence-corrected chi connectivity index (χ1v) is 4.25. The lowest BCUT2D eigenvalue weighted by Gasteiger charge is -2.10. The standard InChI is InChI=1S/C10H11FN2O.ClH/c11-9-2-1-7(5-8(9)6-12)10(13)3-4-14;/h1-2,5,10,14H,3-4,13H2;1H/t10-;/m1./s1. The highest BCUT2D eigenvalue weighted by Gasteiger charge is 2.08. The topological polar surface area (TPSA) is 70.0 Å². The van der Waals surface area contributed by atoms with Crippen molar-refractivity contribution in [1.29, 1.82) is 5.26 Å². The van der Waals surface area contributed by atoms with Gasteiger partial charge in [0.05, 0.1) is 5.56 Å². The molecule has 82 valence electrons. The lowest BCUT2D eigenvalue weighted by atomic mass is 10.0. The second-order valence-corrected chi connectivity index (χ2v) is 2.97. The van der Waals surface area contributed by atoms with Crippen molar-refractivity contribution in [3.63, 3.8) is 0 Å². The first-order chi connectivity index (χ1) is 6.69. The SMILES string of the molecule is Cl.N#Cc1cc([C@H](N)CCO)ccc1F. The molecule has 0 aliphatic rings.